The number of hydrogen-bond acceptors (Lipinski definition) is 2. The van der Waals surface area contributed by atoms with Crippen LogP contribution in [0.1, 0.15) is 17.9 Å². The summed E-state index contributed by atoms with van der Waals surface area (Å²) in [6.07, 6.45) is 2.03. The van der Waals surface area contributed by atoms with E-state index in [4.69, 9.17) is 9.84 Å². The Bertz CT molecular complexity index is 358. The number of aliphatic carboxylic acids is 1. The first-order chi connectivity index (χ1) is 7.19. The van der Waals surface area contributed by atoms with Crippen LogP contribution in [0.2, 0.25) is 0 Å². The fourth-order valence-electron chi connectivity index (χ4n) is 1.40. The average molecular weight is 206 g/mol. The van der Waals surface area contributed by atoms with Crippen molar-refractivity contribution in [3.8, 4) is 5.75 Å². The number of allylic oxidation sites excluding steroid dienone is 1. The number of methoxy groups -OCH3 is 1. The number of carboxylic acid groups (broad SMARTS) is 1. The highest BCUT2D eigenvalue weighted by Gasteiger charge is 2.18. The Balaban J connectivity index is 2.99. The summed E-state index contributed by atoms with van der Waals surface area (Å²) < 4.78 is 5.04. The van der Waals surface area contributed by atoms with E-state index in [-0.39, 0.29) is 0 Å². The lowest BCUT2D eigenvalue weighted by Crippen LogP contribution is -2.10. The highest BCUT2D eigenvalue weighted by molar-refractivity contribution is 5.76. The third-order valence-electron chi connectivity index (χ3n) is 2.20. The predicted octanol–water partition coefficient (Wildman–Crippen LogP) is 2.44. The number of hydrogen-bond donors (Lipinski definition) is 1. The minimum atomic E-state index is -0.844. The molecule has 3 nitrogen and oxygen atoms in total. The van der Waals surface area contributed by atoms with E-state index >= 15 is 0 Å². The topological polar surface area (TPSA) is 46.5 Å². The van der Waals surface area contributed by atoms with Crippen molar-refractivity contribution >= 4 is 5.97 Å². The molecule has 0 bridgehead atoms. The lowest BCUT2D eigenvalue weighted by molar-refractivity contribution is -0.138. The molecule has 1 aromatic rings. The fraction of sp³-hybridized carbons (Fsp3) is 0.250. The summed E-state index contributed by atoms with van der Waals surface area (Å²) in [6.45, 7) is 3.56. The van der Waals surface area contributed by atoms with Gasteiger partial charge in [0.25, 0.3) is 0 Å². The van der Waals surface area contributed by atoms with Crippen LogP contribution in [0.3, 0.4) is 0 Å². The molecule has 0 saturated heterocycles. The largest absolute Gasteiger partial charge is 0.497 e. The molecule has 0 spiro atoms. The van der Waals surface area contributed by atoms with Gasteiger partial charge < -0.3 is 9.84 Å². The normalized spacial score (nSPS) is 11.8. The van der Waals surface area contributed by atoms with Crippen molar-refractivity contribution in [2.24, 2.45) is 0 Å². The first-order valence-electron chi connectivity index (χ1n) is 4.66. The second kappa shape index (κ2) is 5.20. The molecule has 0 unspecified atom stereocenters. The fourth-order valence-corrected chi connectivity index (χ4v) is 1.40. The molecule has 0 aliphatic heterocycles. The number of ether oxygens (including phenoxy) is 1. The minimum Gasteiger partial charge on any atom is -0.497 e. The van der Waals surface area contributed by atoms with Gasteiger partial charge in [-0.15, -0.1) is 6.58 Å². The van der Waals surface area contributed by atoms with Gasteiger partial charge in [-0.25, -0.2) is 0 Å². The summed E-state index contributed by atoms with van der Waals surface area (Å²) in [6, 6.07) is 7.09. The van der Waals surface area contributed by atoms with Crippen LogP contribution >= 0.6 is 0 Å². The van der Waals surface area contributed by atoms with E-state index in [1.807, 2.05) is 0 Å². The van der Waals surface area contributed by atoms with Gasteiger partial charge >= 0.3 is 5.97 Å². The van der Waals surface area contributed by atoms with Gasteiger partial charge in [0, 0.05) is 0 Å². The van der Waals surface area contributed by atoms with Crippen molar-refractivity contribution in [3.05, 3.63) is 42.5 Å². The molecule has 1 atom stereocenters. The van der Waals surface area contributed by atoms with Crippen molar-refractivity contribution in [3.63, 3.8) is 0 Å². The zero-order valence-electron chi connectivity index (χ0n) is 8.64. The molecule has 1 aromatic carbocycles. The lowest BCUT2D eigenvalue weighted by atomic mass is 9.96. The van der Waals surface area contributed by atoms with Gasteiger partial charge in [0.15, 0.2) is 0 Å². The van der Waals surface area contributed by atoms with E-state index in [9.17, 15) is 4.79 Å². The third kappa shape index (κ3) is 2.84. The van der Waals surface area contributed by atoms with Crippen molar-refractivity contribution in [1.82, 2.24) is 0 Å². The van der Waals surface area contributed by atoms with Gasteiger partial charge in [-0.3, -0.25) is 4.79 Å². The standard InChI is InChI=1S/C12H14O3/c1-3-5-11(12(13)14)9-6-4-7-10(8-9)15-2/h3-4,6-8,11H,1,5H2,2H3,(H,13,14)/t11-/m1/s1. The Morgan fingerprint density at radius 3 is 2.93 bits per heavy atom. The molecule has 0 amide bonds. The maximum atomic E-state index is 11.0. The zero-order valence-corrected chi connectivity index (χ0v) is 8.64. The molecule has 0 fully saturated rings. The molecular formula is C12H14O3. The third-order valence-corrected chi connectivity index (χ3v) is 2.20. The predicted molar refractivity (Wildman–Crippen MR) is 58.2 cm³/mol. The molecular weight excluding hydrogens is 192 g/mol. The zero-order chi connectivity index (χ0) is 11.3. The second-order valence-electron chi connectivity index (χ2n) is 3.19. The smallest absolute Gasteiger partial charge is 0.311 e. The Morgan fingerprint density at radius 2 is 2.40 bits per heavy atom. The molecule has 0 aliphatic carbocycles. The SMILES string of the molecule is C=CC[C@@H](C(=O)O)c1cccc(OC)c1. The first kappa shape index (κ1) is 11.3. The van der Waals surface area contributed by atoms with Crippen molar-refractivity contribution < 1.29 is 14.6 Å². The molecule has 0 saturated carbocycles. The van der Waals surface area contributed by atoms with Gasteiger partial charge in [0.05, 0.1) is 13.0 Å². The van der Waals surface area contributed by atoms with Gasteiger partial charge in [-0.2, -0.15) is 0 Å². The van der Waals surface area contributed by atoms with Crippen molar-refractivity contribution in [1.29, 1.82) is 0 Å². The summed E-state index contributed by atoms with van der Waals surface area (Å²) in [7, 11) is 1.56. The monoisotopic (exact) mass is 206 g/mol. The Morgan fingerprint density at radius 1 is 1.67 bits per heavy atom. The highest BCUT2D eigenvalue weighted by atomic mass is 16.5. The lowest BCUT2D eigenvalue weighted by Gasteiger charge is -2.11. The van der Waals surface area contributed by atoms with Crippen LogP contribution in [-0.4, -0.2) is 18.2 Å². The van der Waals surface area contributed by atoms with E-state index in [1.165, 1.54) is 0 Å². The number of benzene rings is 1. The Hall–Kier alpha value is -1.77. The summed E-state index contributed by atoms with van der Waals surface area (Å²) in [5.41, 5.74) is 0.738. The molecule has 1 rings (SSSR count). The summed E-state index contributed by atoms with van der Waals surface area (Å²) in [4.78, 5) is 11.0. The van der Waals surface area contributed by atoms with Gasteiger partial charge in [0.1, 0.15) is 5.75 Å². The van der Waals surface area contributed by atoms with Crippen LogP contribution in [-0.2, 0) is 4.79 Å². The van der Waals surface area contributed by atoms with Crippen LogP contribution in [0.15, 0.2) is 36.9 Å². The Labute approximate surface area is 89.0 Å². The van der Waals surface area contributed by atoms with Gasteiger partial charge in [0.2, 0.25) is 0 Å². The number of carbonyl (C=O) groups is 1. The average Bonchev–Trinajstić information content (AvgIpc) is 2.25. The molecule has 1 N–H and O–H groups in total. The summed E-state index contributed by atoms with van der Waals surface area (Å²) in [5, 5.41) is 9.03. The molecule has 0 aliphatic rings. The molecule has 0 radical (unpaired) electrons. The summed E-state index contributed by atoms with van der Waals surface area (Å²) in [5.74, 6) is -0.719. The molecule has 3 heteroatoms. The van der Waals surface area contributed by atoms with Crippen molar-refractivity contribution in [2.45, 2.75) is 12.3 Å². The van der Waals surface area contributed by atoms with E-state index in [2.05, 4.69) is 6.58 Å². The molecule has 0 aromatic heterocycles. The van der Waals surface area contributed by atoms with E-state index in [0.717, 1.165) is 5.56 Å². The van der Waals surface area contributed by atoms with Crippen LogP contribution in [0.5, 0.6) is 5.75 Å². The summed E-state index contributed by atoms with van der Waals surface area (Å²) >= 11 is 0. The number of carboxylic acids is 1. The second-order valence-corrected chi connectivity index (χ2v) is 3.19. The quantitative estimate of drug-likeness (QED) is 0.752. The highest BCUT2D eigenvalue weighted by Crippen LogP contribution is 2.24. The molecule has 0 heterocycles. The van der Waals surface area contributed by atoms with E-state index in [0.29, 0.717) is 12.2 Å². The number of rotatable bonds is 5. The van der Waals surface area contributed by atoms with Crippen LogP contribution in [0.25, 0.3) is 0 Å². The van der Waals surface area contributed by atoms with Gasteiger partial charge in [-0.1, -0.05) is 18.2 Å². The van der Waals surface area contributed by atoms with Crippen LogP contribution < -0.4 is 4.74 Å². The van der Waals surface area contributed by atoms with Crippen molar-refractivity contribution in [2.75, 3.05) is 7.11 Å². The van der Waals surface area contributed by atoms with E-state index in [1.54, 1.807) is 37.5 Å². The van der Waals surface area contributed by atoms with Gasteiger partial charge in [-0.05, 0) is 24.1 Å². The van der Waals surface area contributed by atoms with Crippen LogP contribution in [0.4, 0.5) is 0 Å². The maximum absolute atomic E-state index is 11.0. The minimum absolute atomic E-state index is 0.419. The van der Waals surface area contributed by atoms with Crippen LogP contribution in [0, 0.1) is 0 Å². The molecule has 80 valence electrons. The van der Waals surface area contributed by atoms with E-state index < -0.39 is 11.9 Å². The maximum Gasteiger partial charge on any atom is 0.311 e. The Kier molecular flexibility index (Phi) is 3.92. The first-order valence-corrected chi connectivity index (χ1v) is 4.66. The molecule has 15 heavy (non-hydrogen) atoms.